The third-order valence-corrected chi connectivity index (χ3v) is 3.04. The maximum atomic E-state index is 12.2. The molecule has 2 aromatic rings. The van der Waals surface area contributed by atoms with Gasteiger partial charge in [0.2, 0.25) is 0 Å². The summed E-state index contributed by atoms with van der Waals surface area (Å²) in [6.45, 7) is 0. The number of carbonyl (C=O) groups excluding carboxylic acids is 2. The Morgan fingerprint density at radius 2 is 1.32 bits per heavy atom. The van der Waals surface area contributed by atoms with Crippen molar-refractivity contribution >= 4 is 38.9 Å². The molecular weight excluding hydrogens is 439 g/mol. The second kappa shape index (κ2) is 4.77. The van der Waals surface area contributed by atoms with Crippen LogP contribution in [-0.4, -0.2) is 49.1 Å². The Balaban J connectivity index is 0.00000133. The summed E-state index contributed by atoms with van der Waals surface area (Å²) >= 11 is 0. The molecule has 0 unspecified atom stereocenters. The third-order valence-electron chi connectivity index (χ3n) is 3.04. The van der Waals surface area contributed by atoms with Crippen LogP contribution in [0.15, 0.2) is 36.4 Å². The van der Waals surface area contributed by atoms with E-state index in [0.29, 0.717) is 5.56 Å². The molecule has 2 radical (unpaired) electrons. The van der Waals surface area contributed by atoms with E-state index in [1.807, 2.05) is 0 Å². The summed E-state index contributed by atoms with van der Waals surface area (Å²) in [5, 5.41) is 19.1. The Morgan fingerprint density at radius 1 is 0.737 bits per heavy atom. The van der Waals surface area contributed by atoms with E-state index in [0.717, 1.165) is 0 Å². The van der Waals surface area contributed by atoms with Crippen molar-refractivity contribution in [2.75, 3.05) is 0 Å². The Morgan fingerprint density at radius 3 is 1.95 bits per heavy atom. The fraction of sp³-hybridized carbons (Fsp3) is 0. The van der Waals surface area contributed by atoms with Gasteiger partial charge in [-0.05, 0) is 12.1 Å². The second-order valence-corrected chi connectivity index (χ2v) is 4.06. The Bertz CT molecular complexity index is 707. The summed E-state index contributed by atoms with van der Waals surface area (Å²) in [7, 11) is 0. The van der Waals surface area contributed by atoms with Gasteiger partial charge in [0.1, 0.15) is 0 Å². The predicted molar refractivity (Wildman–Crippen MR) is 71.6 cm³/mol. The first-order valence-electron chi connectivity index (χ1n) is 5.34. The van der Waals surface area contributed by atoms with E-state index in [1.54, 1.807) is 18.2 Å². The summed E-state index contributed by atoms with van der Waals surface area (Å²) in [6.07, 6.45) is 0. The number of fused-ring (bicyclic) bond motifs is 2. The zero-order valence-electron chi connectivity index (χ0n) is 9.88. The molecule has 2 N–H and O–H groups in total. The van der Waals surface area contributed by atoms with Crippen molar-refractivity contribution in [1.29, 1.82) is 0 Å². The average molecular weight is 449 g/mol. The molecule has 0 aliphatic heterocycles. The van der Waals surface area contributed by atoms with Crippen LogP contribution in [0.1, 0.15) is 31.8 Å². The molecule has 5 heteroatoms. The van der Waals surface area contributed by atoms with Gasteiger partial charge in [0.15, 0.2) is 23.1 Å². The first-order chi connectivity index (χ1) is 8.61. The monoisotopic (exact) mass is 450 g/mol. The number of phenolic OH excluding ortho intramolecular Hbond substituents is 2. The van der Waals surface area contributed by atoms with Crippen molar-refractivity contribution in [2.24, 2.45) is 0 Å². The van der Waals surface area contributed by atoms with Gasteiger partial charge in [-0.2, -0.15) is 0 Å². The van der Waals surface area contributed by atoms with E-state index in [1.165, 1.54) is 18.2 Å². The Kier molecular flexibility index (Phi) is 3.44. The van der Waals surface area contributed by atoms with Gasteiger partial charge < -0.3 is 10.2 Å². The molecule has 1 aliphatic rings. The van der Waals surface area contributed by atoms with Crippen LogP contribution in [0, 0.1) is 0 Å². The third kappa shape index (κ3) is 1.86. The van der Waals surface area contributed by atoms with E-state index in [-0.39, 0.29) is 49.8 Å². The molecule has 2 aromatic carbocycles. The molecule has 0 saturated heterocycles. The van der Waals surface area contributed by atoms with Gasteiger partial charge in [0.05, 0.1) is 5.56 Å². The van der Waals surface area contributed by atoms with Crippen molar-refractivity contribution in [3.05, 3.63) is 58.7 Å². The molecule has 0 bridgehead atoms. The molecule has 0 aromatic heterocycles. The predicted octanol–water partition coefficient (Wildman–Crippen LogP) is 0.957. The summed E-state index contributed by atoms with van der Waals surface area (Å²) < 4.78 is 0. The molecular formula is C14H10O4Pb. The molecule has 94 valence electrons. The van der Waals surface area contributed by atoms with Crippen molar-refractivity contribution in [1.82, 2.24) is 0 Å². The maximum absolute atomic E-state index is 12.2. The number of hydrogen-bond donors (Lipinski definition) is 2. The summed E-state index contributed by atoms with van der Waals surface area (Å²) in [5.41, 5.74) is 0.559. The van der Waals surface area contributed by atoms with Crippen molar-refractivity contribution in [3.8, 4) is 11.5 Å². The van der Waals surface area contributed by atoms with Gasteiger partial charge >= 0.3 is 27.3 Å². The summed E-state index contributed by atoms with van der Waals surface area (Å²) in [4.78, 5) is 24.4. The SMILES string of the molecule is O=C1c2ccccc2C(=O)c2c1ccc(O)c2O.[PbH2]. The topological polar surface area (TPSA) is 74.6 Å². The van der Waals surface area contributed by atoms with Crippen LogP contribution in [0.2, 0.25) is 0 Å². The average Bonchev–Trinajstić information content (AvgIpc) is 2.39. The number of hydrogen-bond acceptors (Lipinski definition) is 4. The zero-order valence-corrected chi connectivity index (χ0v) is 15.4. The number of ketones is 2. The van der Waals surface area contributed by atoms with E-state index in [4.69, 9.17) is 0 Å². The van der Waals surface area contributed by atoms with Crippen LogP contribution >= 0.6 is 0 Å². The molecule has 0 atom stereocenters. The van der Waals surface area contributed by atoms with Crippen molar-refractivity contribution in [3.63, 3.8) is 0 Å². The van der Waals surface area contributed by atoms with Crippen LogP contribution < -0.4 is 0 Å². The quantitative estimate of drug-likeness (QED) is 0.396. The van der Waals surface area contributed by atoms with Crippen molar-refractivity contribution in [2.45, 2.75) is 0 Å². The number of aromatic hydroxyl groups is 2. The first kappa shape index (κ1) is 13.7. The number of benzene rings is 2. The number of carbonyl (C=O) groups is 2. The fourth-order valence-electron chi connectivity index (χ4n) is 2.16. The first-order valence-corrected chi connectivity index (χ1v) is 5.34. The van der Waals surface area contributed by atoms with Crippen LogP contribution in [0.4, 0.5) is 0 Å². The normalized spacial score (nSPS) is 12.4. The van der Waals surface area contributed by atoms with Gasteiger partial charge in [-0.25, -0.2) is 0 Å². The number of phenols is 2. The standard InChI is InChI=1S/C14H8O4.Pb.2H/c15-10-6-5-9-11(14(10)18)13(17)8-4-2-1-3-7(8)12(9)16;;;/h1-6,15,18H;;;. The Hall–Kier alpha value is -1.70. The van der Waals surface area contributed by atoms with Crippen LogP contribution in [0.5, 0.6) is 11.5 Å². The second-order valence-electron chi connectivity index (χ2n) is 4.06. The zero-order chi connectivity index (χ0) is 12.9. The van der Waals surface area contributed by atoms with E-state index in [2.05, 4.69) is 0 Å². The van der Waals surface area contributed by atoms with Gasteiger partial charge in [0.25, 0.3) is 0 Å². The molecule has 0 spiro atoms. The molecule has 0 heterocycles. The Labute approximate surface area is 128 Å². The van der Waals surface area contributed by atoms with Gasteiger partial charge in [-0.3, -0.25) is 9.59 Å². The number of rotatable bonds is 0. The molecule has 3 rings (SSSR count). The molecule has 19 heavy (non-hydrogen) atoms. The minimum atomic E-state index is -0.541. The molecule has 4 nitrogen and oxygen atoms in total. The minimum absolute atomic E-state index is 0. The van der Waals surface area contributed by atoms with Crippen LogP contribution in [-0.2, 0) is 0 Å². The van der Waals surface area contributed by atoms with E-state index < -0.39 is 17.3 Å². The van der Waals surface area contributed by atoms with Crippen molar-refractivity contribution < 1.29 is 19.8 Å². The van der Waals surface area contributed by atoms with Gasteiger partial charge in [-0.15, -0.1) is 0 Å². The van der Waals surface area contributed by atoms with Crippen LogP contribution in [0.25, 0.3) is 0 Å². The summed E-state index contributed by atoms with van der Waals surface area (Å²) in [5.74, 6) is -1.72. The molecule has 1 aliphatic carbocycles. The molecule has 0 saturated carbocycles. The van der Waals surface area contributed by atoms with Gasteiger partial charge in [0, 0.05) is 16.7 Å². The van der Waals surface area contributed by atoms with Crippen LogP contribution in [0.3, 0.4) is 0 Å². The van der Waals surface area contributed by atoms with E-state index >= 15 is 0 Å². The summed E-state index contributed by atoms with van der Waals surface area (Å²) in [6, 6.07) is 8.97. The molecule has 0 amide bonds. The van der Waals surface area contributed by atoms with Gasteiger partial charge in [-0.1, -0.05) is 24.3 Å². The van der Waals surface area contributed by atoms with E-state index in [9.17, 15) is 19.8 Å². The fourth-order valence-corrected chi connectivity index (χ4v) is 2.16. The molecule has 0 fully saturated rings.